The maximum atomic E-state index is 11.8. The maximum absolute atomic E-state index is 11.8. The summed E-state index contributed by atoms with van der Waals surface area (Å²) in [4.78, 5) is 32.7. The van der Waals surface area contributed by atoms with E-state index in [1.54, 1.807) is 0 Å². The number of halogens is 1. The van der Waals surface area contributed by atoms with Gasteiger partial charge in [-0.15, -0.1) is 0 Å². The van der Waals surface area contributed by atoms with E-state index in [0.29, 0.717) is 0 Å². The minimum atomic E-state index is -1.38. The summed E-state index contributed by atoms with van der Waals surface area (Å²) in [6.45, 7) is 0. The van der Waals surface area contributed by atoms with Crippen molar-refractivity contribution in [3.8, 4) is 11.5 Å². The summed E-state index contributed by atoms with van der Waals surface area (Å²) >= 11 is 5.64. The SMILES string of the molecule is O=C(Nc1ccc(O)c(C(=O)O)c1)Oc1ccc(Cl)c([N+](=O)[O-])c1. The molecule has 0 saturated carbocycles. The number of phenols is 1. The predicted octanol–water partition coefficient (Wildman–Crippen LogP) is 3.26. The van der Waals surface area contributed by atoms with Crippen molar-refractivity contribution in [1.82, 2.24) is 0 Å². The number of carboxylic acid groups (broad SMARTS) is 1. The molecule has 2 aromatic carbocycles. The Morgan fingerprint density at radius 2 is 1.92 bits per heavy atom. The Labute approximate surface area is 139 Å². The molecule has 2 aromatic rings. The highest BCUT2D eigenvalue weighted by molar-refractivity contribution is 6.32. The fraction of sp³-hybridized carbons (Fsp3) is 0. The Bertz CT molecular complexity index is 770. The van der Waals surface area contributed by atoms with Gasteiger partial charge in [0.15, 0.2) is 0 Å². The van der Waals surface area contributed by atoms with Gasteiger partial charge in [-0.05, 0) is 30.3 Å². The molecule has 2 rings (SSSR count). The number of carbonyl (C=O) groups is 2. The molecule has 0 aliphatic heterocycles. The number of hydrogen-bond donors (Lipinski definition) is 3. The minimum absolute atomic E-state index is 0.0543. The van der Waals surface area contributed by atoms with Crippen molar-refractivity contribution in [1.29, 1.82) is 0 Å². The van der Waals surface area contributed by atoms with E-state index in [-0.39, 0.29) is 16.5 Å². The second-order valence-electron chi connectivity index (χ2n) is 4.42. The summed E-state index contributed by atoms with van der Waals surface area (Å²) in [6.07, 6.45) is -1.01. The summed E-state index contributed by atoms with van der Waals surface area (Å²) in [5.41, 5.74) is -0.784. The summed E-state index contributed by atoms with van der Waals surface area (Å²) in [7, 11) is 0. The van der Waals surface area contributed by atoms with Gasteiger partial charge < -0.3 is 14.9 Å². The van der Waals surface area contributed by atoms with Gasteiger partial charge in [-0.25, -0.2) is 9.59 Å². The number of rotatable bonds is 4. The third-order valence-electron chi connectivity index (χ3n) is 2.80. The van der Waals surface area contributed by atoms with Crippen LogP contribution >= 0.6 is 11.6 Å². The van der Waals surface area contributed by atoms with E-state index in [1.165, 1.54) is 18.2 Å². The summed E-state index contributed by atoms with van der Waals surface area (Å²) in [5, 5.41) is 31.2. The van der Waals surface area contributed by atoms with Gasteiger partial charge >= 0.3 is 12.1 Å². The summed E-state index contributed by atoms with van der Waals surface area (Å²) in [5.74, 6) is -1.96. The first-order valence-electron chi connectivity index (χ1n) is 6.27. The van der Waals surface area contributed by atoms with Gasteiger partial charge in [0.25, 0.3) is 5.69 Å². The maximum Gasteiger partial charge on any atom is 0.417 e. The van der Waals surface area contributed by atoms with Crippen LogP contribution in [0.25, 0.3) is 0 Å². The molecule has 0 atom stereocenters. The number of hydrogen-bond acceptors (Lipinski definition) is 6. The van der Waals surface area contributed by atoms with Crippen LogP contribution in [-0.4, -0.2) is 27.2 Å². The molecule has 0 aliphatic rings. The monoisotopic (exact) mass is 352 g/mol. The first-order valence-corrected chi connectivity index (χ1v) is 6.65. The average molecular weight is 353 g/mol. The van der Waals surface area contributed by atoms with Crippen molar-refractivity contribution in [2.75, 3.05) is 5.32 Å². The normalized spacial score (nSPS) is 10.0. The van der Waals surface area contributed by atoms with E-state index in [1.807, 2.05) is 0 Å². The number of ether oxygens (including phenoxy) is 1. The molecule has 124 valence electrons. The standard InChI is InChI=1S/C14H9ClN2O7/c15-10-3-2-8(6-11(10)17(22)23)24-14(21)16-7-1-4-12(18)9(5-7)13(19)20/h1-6,18H,(H,16,21)(H,19,20). The van der Waals surface area contributed by atoms with Crippen LogP contribution in [0.1, 0.15) is 10.4 Å². The van der Waals surface area contributed by atoms with Crippen LogP contribution in [0.3, 0.4) is 0 Å². The number of benzene rings is 2. The largest absolute Gasteiger partial charge is 0.507 e. The topological polar surface area (TPSA) is 139 Å². The first kappa shape index (κ1) is 17.0. The molecule has 0 bridgehead atoms. The Kier molecular flexibility index (Phi) is 4.85. The van der Waals surface area contributed by atoms with Gasteiger partial charge in [-0.2, -0.15) is 0 Å². The predicted molar refractivity (Wildman–Crippen MR) is 82.8 cm³/mol. The molecule has 1 amide bonds. The zero-order valence-corrected chi connectivity index (χ0v) is 12.5. The van der Waals surface area contributed by atoms with Gasteiger partial charge in [0.2, 0.25) is 0 Å². The van der Waals surface area contributed by atoms with Crippen molar-refractivity contribution < 1.29 is 29.5 Å². The van der Waals surface area contributed by atoms with Crippen LogP contribution in [-0.2, 0) is 0 Å². The Morgan fingerprint density at radius 3 is 2.54 bits per heavy atom. The van der Waals surface area contributed by atoms with Crippen molar-refractivity contribution in [2.45, 2.75) is 0 Å². The zero-order chi connectivity index (χ0) is 17.9. The second kappa shape index (κ2) is 6.84. The number of aromatic carboxylic acids is 1. The second-order valence-corrected chi connectivity index (χ2v) is 4.83. The lowest BCUT2D eigenvalue weighted by Gasteiger charge is -2.08. The molecular weight excluding hydrogens is 344 g/mol. The van der Waals surface area contributed by atoms with Gasteiger partial charge in [-0.1, -0.05) is 11.6 Å². The minimum Gasteiger partial charge on any atom is -0.507 e. The van der Waals surface area contributed by atoms with Crippen molar-refractivity contribution in [2.24, 2.45) is 0 Å². The number of carboxylic acids is 1. The number of nitrogens with zero attached hydrogens (tertiary/aromatic N) is 1. The molecule has 0 spiro atoms. The Balaban J connectivity index is 2.14. The number of amides is 1. The third kappa shape index (κ3) is 3.90. The number of aromatic hydroxyl groups is 1. The highest BCUT2D eigenvalue weighted by atomic mass is 35.5. The van der Waals surface area contributed by atoms with Crippen LogP contribution in [0.15, 0.2) is 36.4 Å². The molecule has 0 heterocycles. The van der Waals surface area contributed by atoms with E-state index in [2.05, 4.69) is 5.32 Å². The van der Waals surface area contributed by atoms with Crippen LogP contribution in [0.2, 0.25) is 5.02 Å². The van der Waals surface area contributed by atoms with Crippen molar-refractivity contribution >= 4 is 35.0 Å². The van der Waals surface area contributed by atoms with E-state index < -0.39 is 34.0 Å². The van der Waals surface area contributed by atoms with Gasteiger partial charge in [0, 0.05) is 5.69 Å². The molecule has 10 heteroatoms. The molecule has 0 unspecified atom stereocenters. The molecule has 24 heavy (non-hydrogen) atoms. The lowest BCUT2D eigenvalue weighted by molar-refractivity contribution is -0.384. The quantitative estimate of drug-likeness (QED) is 0.436. The van der Waals surface area contributed by atoms with Crippen LogP contribution < -0.4 is 10.1 Å². The first-order chi connectivity index (χ1) is 11.3. The van der Waals surface area contributed by atoms with Crippen LogP contribution in [0.4, 0.5) is 16.2 Å². The van der Waals surface area contributed by atoms with Gasteiger partial charge in [0.1, 0.15) is 22.1 Å². The zero-order valence-electron chi connectivity index (χ0n) is 11.7. The third-order valence-corrected chi connectivity index (χ3v) is 3.12. The molecule has 0 radical (unpaired) electrons. The van der Waals surface area contributed by atoms with Gasteiger partial charge in [0.05, 0.1) is 11.0 Å². The average Bonchev–Trinajstić information content (AvgIpc) is 2.50. The highest BCUT2D eigenvalue weighted by Gasteiger charge is 2.16. The van der Waals surface area contributed by atoms with Crippen LogP contribution in [0.5, 0.6) is 11.5 Å². The van der Waals surface area contributed by atoms with Crippen molar-refractivity contribution in [3.63, 3.8) is 0 Å². The Hall–Kier alpha value is -3.33. The Morgan fingerprint density at radius 1 is 1.21 bits per heavy atom. The summed E-state index contributed by atoms with van der Waals surface area (Å²) in [6, 6.07) is 6.81. The van der Waals surface area contributed by atoms with E-state index >= 15 is 0 Å². The number of nitro benzene ring substituents is 1. The van der Waals surface area contributed by atoms with E-state index in [4.69, 9.17) is 21.4 Å². The lowest BCUT2D eigenvalue weighted by Crippen LogP contribution is -2.17. The van der Waals surface area contributed by atoms with E-state index in [0.717, 1.165) is 18.2 Å². The lowest BCUT2D eigenvalue weighted by atomic mass is 10.2. The number of nitrogens with one attached hydrogen (secondary N) is 1. The molecule has 3 N–H and O–H groups in total. The fourth-order valence-corrected chi connectivity index (χ4v) is 1.92. The molecule has 9 nitrogen and oxygen atoms in total. The van der Waals surface area contributed by atoms with Gasteiger partial charge in [-0.3, -0.25) is 15.4 Å². The number of carbonyl (C=O) groups excluding carboxylic acids is 1. The van der Waals surface area contributed by atoms with E-state index in [9.17, 15) is 24.8 Å². The number of anilines is 1. The molecule has 0 aliphatic carbocycles. The fourth-order valence-electron chi connectivity index (χ4n) is 1.73. The van der Waals surface area contributed by atoms with Crippen molar-refractivity contribution in [3.05, 3.63) is 57.1 Å². The highest BCUT2D eigenvalue weighted by Crippen LogP contribution is 2.29. The smallest absolute Gasteiger partial charge is 0.417 e. The molecular formula is C14H9ClN2O7. The van der Waals surface area contributed by atoms with Crippen LogP contribution in [0, 0.1) is 10.1 Å². The number of nitro groups is 1. The molecule has 0 fully saturated rings. The summed E-state index contributed by atoms with van der Waals surface area (Å²) < 4.78 is 4.87. The molecule has 0 aromatic heterocycles. The molecule has 0 saturated heterocycles.